The number of benzene rings is 1. The number of rotatable bonds is 5. The Labute approximate surface area is 156 Å². The largest absolute Gasteiger partial charge is 0.350 e. The summed E-state index contributed by atoms with van der Waals surface area (Å²) in [6, 6.07) is 5.34. The first-order valence-electron chi connectivity index (χ1n) is 7.55. The highest BCUT2D eigenvalue weighted by Crippen LogP contribution is 2.31. The molecular weight excluding hydrogens is 369 g/mol. The molecule has 0 aliphatic carbocycles. The van der Waals surface area contributed by atoms with E-state index < -0.39 is 0 Å². The number of carbonyl (C=O) groups excluding carboxylic acids is 1. The minimum atomic E-state index is -0.348. The van der Waals surface area contributed by atoms with Gasteiger partial charge in [0.1, 0.15) is 11.5 Å². The lowest BCUT2D eigenvalue weighted by Gasteiger charge is -2.16. The van der Waals surface area contributed by atoms with Crippen molar-refractivity contribution in [2.45, 2.75) is 32.6 Å². The van der Waals surface area contributed by atoms with Gasteiger partial charge in [-0.2, -0.15) is 0 Å². The smallest absolute Gasteiger partial charge is 0.271 e. The maximum Gasteiger partial charge on any atom is 0.271 e. The molecule has 0 spiro atoms. The summed E-state index contributed by atoms with van der Waals surface area (Å²) in [7, 11) is 0. The average Bonchev–Trinajstić information content (AvgIpc) is 2.52. The Morgan fingerprint density at radius 1 is 1.12 bits per heavy atom. The van der Waals surface area contributed by atoms with Crippen molar-refractivity contribution in [3.05, 3.63) is 56.5 Å². The number of hydrogen-bond acceptors (Lipinski definition) is 3. The predicted octanol–water partition coefficient (Wildman–Crippen LogP) is 5.09. The molecule has 4 nitrogen and oxygen atoms in total. The molecule has 1 heterocycles. The van der Waals surface area contributed by atoms with Crippen LogP contribution in [0.3, 0.4) is 0 Å². The van der Waals surface area contributed by atoms with Crippen LogP contribution in [0.25, 0.3) is 0 Å². The molecule has 7 heteroatoms. The highest BCUT2D eigenvalue weighted by molar-refractivity contribution is 6.36. The Hall–Kier alpha value is -1.36. The standard InChI is InChI=1S/C17H18Cl3N3O/c1-9(2)16-21-8-13(20)15(23-16)17(24)22-7-10(3)14-11(18)5-4-6-12(14)19/h4-6,8-10H,7H2,1-3H3,(H,22,24)/t10-/m0/s1. The lowest BCUT2D eigenvalue weighted by molar-refractivity contribution is 0.0946. The molecule has 24 heavy (non-hydrogen) atoms. The molecule has 1 N–H and O–H groups in total. The van der Waals surface area contributed by atoms with Gasteiger partial charge >= 0.3 is 0 Å². The van der Waals surface area contributed by atoms with Gasteiger partial charge < -0.3 is 5.32 Å². The van der Waals surface area contributed by atoms with Gasteiger partial charge in [-0.1, -0.05) is 61.6 Å². The Morgan fingerprint density at radius 2 is 1.75 bits per heavy atom. The lowest BCUT2D eigenvalue weighted by atomic mass is 10.0. The van der Waals surface area contributed by atoms with Crippen LogP contribution in [0.2, 0.25) is 15.1 Å². The molecule has 0 aliphatic heterocycles. The van der Waals surface area contributed by atoms with Crippen LogP contribution in [-0.4, -0.2) is 22.4 Å². The number of hydrogen-bond donors (Lipinski definition) is 1. The number of nitrogens with one attached hydrogen (secondary N) is 1. The van der Waals surface area contributed by atoms with Gasteiger partial charge in [-0.05, 0) is 17.7 Å². The molecule has 1 amide bonds. The summed E-state index contributed by atoms with van der Waals surface area (Å²) < 4.78 is 0. The van der Waals surface area contributed by atoms with E-state index >= 15 is 0 Å². The number of halogens is 3. The van der Waals surface area contributed by atoms with Crippen molar-refractivity contribution < 1.29 is 4.79 Å². The van der Waals surface area contributed by atoms with Gasteiger partial charge in [0.25, 0.3) is 5.91 Å². The molecule has 0 bridgehead atoms. The average molecular weight is 387 g/mol. The summed E-state index contributed by atoms with van der Waals surface area (Å²) in [5.41, 5.74) is 0.977. The Balaban J connectivity index is 2.12. The zero-order valence-corrected chi connectivity index (χ0v) is 15.9. The molecule has 0 saturated carbocycles. The second-order valence-corrected chi connectivity index (χ2v) is 7.05. The second kappa shape index (κ2) is 8.15. The number of carbonyl (C=O) groups is 1. The van der Waals surface area contributed by atoms with Gasteiger partial charge in [-0.3, -0.25) is 4.79 Å². The highest BCUT2D eigenvalue weighted by atomic mass is 35.5. The van der Waals surface area contributed by atoms with Crippen LogP contribution in [0.4, 0.5) is 0 Å². The summed E-state index contributed by atoms with van der Waals surface area (Å²) >= 11 is 18.4. The van der Waals surface area contributed by atoms with Gasteiger partial charge in [0.15, 0.2) is 0 Å². The minimum absolute atomic E-state index is 0.0552. The van der Waals surface area contributed by atoms with Crippen molar-refractivity contribution in [3.63, 3.8) is 0 Å². The fraction of sp³-hybridized carbons (Fsp3) is 0.353. The molecule has 2 aromatic rings. The molecule has 1 aromatic carbocycles. The van der Waals surface area contributed by atoms with E-state index in [1.165, 1.54) is 6.20 Å². The van der Waals surface area contributed by atoms with Gasteiger partial charge in [0, 0.05) is 28.4 Å². The van der Waals surface area contributed by atoms with Crippen molar-refractivity contribution >= 4 is 40.7 Å². The van der Waals surface area contributed by atoms with Gasteiger partial charge in [-0.25, -0.2) is 9.97 Å². The van der Waals surface area contributed by atoms with Crippen LogP contribution in [0.5, 0.6) is 0 Å². The van der Waals surface area contributed by atoms with E-state index in [0.717, 1.165) is 5.56 Å². The van der Waals surface area contributed by atoms with E-state index in [1.807, 2.05) is 20.8 Å². The highest BCUT2D eigenvalue weighted by Gasteiger charge is 2.18. The molecule has 0 fully saturated rings. The normalized spacial score (nSPS) is 12.3. The van der Waals surface area contributed by atoms with E-state index in [2.05, 4.69) is 15.3 Å². The van der Waals surface area contributed by atoms with Crippen LogP contribution in [0.1, 0.15) is 54.5 Å². The van der Waals surface area contributed by atoms with Crippen molar-refractivity contribution in [1.82, 2.24) is 15.3 Å². The molecule has 128 valence electrons. The predicted molar refractivity (Wildman–Crippen MR) is 98.3 cm³/mol. The van der Waals surface area contributed by atoms with Crippen LogP contribution in [0.15, 0.2) is 24.4 Å². The monoisotopic (exact) mass is 385 g/mol. The summed E-state index contributed by atoms with van der Waals surface area (Å²) in [5.74, 6) is 0.279. The summed E-state index contributed by atoms with van der Waals surface area (Å²) in [5, 5.41) is 4.20. The molecule has 1 aromatic heterocycles. The van der Waals surface area contributed by atoms with E-state index in [-0.39, 0.29) is 28.5 Å². The Morgan fingerprint density at radius 3 is 2.33 bits per heavy atom. The molecule has 0 radical (unpaired) electrons. The Bertz CT molecular complexity index is 730. The maximum absolute atomic E-state index is 12.4. The molecule has 0 unspecified atom stereocenters. The quantitative estimate of drug-likeness (QED) is 0.778. The molecule has 0 aliphatic rings. The number of amides is 1. The molecule has 0 saturated heterocycles. The van der Waals surface area contributed by atoms with Gasteiger partial charge in [0.2, 0.25) is 0 Å². The molecular formula is C17H18Cl3N3O. The molecule has 2 rings (SSSR count). The van der Waals surface area contributed by atoms with E-state index in [1.54, 1.807) is 18.2 Å². The number of nitrogens with zero attached hydrogens (tertiary/aromatic N) is 2. The third kappa shape index (κ3) is 4.38. The van der Waals surface area contributed by atoms with Crippen molar-refractivity contribution in [2.75, 3.05) is 6.54 Å². The third-order valence-corrected chi connectivity index (χ3v) is 4.49. The zero-order chi connectivity index (χ0) is 17.9. The van der Waals surface area contributed by atoms with Crippen molar-refractivity contribution in [1.29, 1.82) is 0 Å². The Kier molecular flexibility index (Phi) is 6.44. The summed E-state index contributed by atoms with van der Waals surface area (Å²) in [4.78, 5) is 20.8. The van der Waals surface area contributed by atoms with Crippen molar-refractivity contribution in [2.24, 2.45) is 0 Å². The van der Waals surface area contributed by atoms with Crippen LogP contribution in [-0.2, 0) is 0 Å². The van der Waals surface area contributed by atoms with Crippen LogP contribution in [0, 0.1) is 0 Å². The SMILES string of the molecule is CC(C)c1ncc(Cl)c(C(=O)NC[C@H](C)c2c(Cl)cccc2Cl)n1. The van der Waals surface area contributed by atoms with E-state index in [4.69, 9.17) is 34.8 Å². The third-order valence-electron chi connectivity index (χ3n) is 3.56. The fourth-order valence-corrected chi connectivity index (χ4v) is 3.18. The maximum atomic E-state index is 12.4. The minimum Gasteiger partial charge on any atom is -0.350 e. The lowest BCUT2D eigenvalue weighted by Crippen LogP contribution is -2.29. The van der Waals surface area contributed by atoms with Gasteiger partial charge in [-0.15, -0.1) is 0 Å². The van der Waals surface area contributed by atoms with Crippen molar-refractivity contribution in [3.8, 4) is 0 Å². The topological polar surface area (TPSA) is 54.9 Å². The van der Waals surface area contributed by atoms with Gasteiger partial charge in [0.05, 0.1) is 11.2 Å². The summed E-state index contributed by atoms with van der Waals surface area (Å²) in [6.07, 6.45) is 1.45. The first kappa shape index (κ1) is 19.0. The van der Waals surface area contributed by atoms with Crippen LogP contribution >= 0.6 is 34.8 Å². The summed E-state index contributed by atoms with van der Waals surface area (Å²) in [6.45, 7) is 6.20. The van der Waals surface area contributed by atoms with E-state index in [9.17, 15) is 4.79 Å². The van der Waals surface area contributed by atoms with E-state index in [0.29, 0.717) is 22.4 Å². The van der Waals surface area contributed by atoms with Crippen LogP contribution < -0.4 is 5.32 Å². The second-order valence-electron chi connectivity index (χ2n) is 5.83. The zero-order valence-electron chi connectivity index (χ0n) is 13.6. The molecule has 1 atom stereocenters. The number of aromatic nitrogens is 2. The first-order chi connectivity index (χ1) is 11.3. The first-order valence-corrected chi connectivity index (χ1v) is 8.69. The fourth-order valence-electron chi connectivity index (χ4n) is 2.23.